The molecular weight excluding hydrogens is 358 g/mol. The van der Waals surface area contributed by atoms with E-state index in [0.717, 1.165) is 34.2 Å². The number of thiophene rings is 1. The van der Waals surface area contributed by atoms with E-state index in [2.05, 4.69) is 18.8 Å². The second-order valence-electron chi connectivity index (χ2n) is 6.99. The number of aromatic nitrogens is 1. The summed E-state index contributed by atoms with van der Waals surface area (Å²) in [6.45, 7) is 5.59. The van der Waals surface area contributed by atoms with Crippen molar-refractivity contribution in [1.29, 1.82) is 0 Å². The van der Waals surface area contributed by atoms with Crippen molar-refractivity contribution in [2.75, 3.05) is 38.7 Å². The molecular formula is C17H23N3O3S2. The van der Waals surface area contributed by atoms with Crippen LogP contribution >= 0.6 is 22.7 Å². The first-order chi connectivity index (χ1) is 11.8. The first-order valence-corrected chi connectivity index (χ1v) is 9.99. The normalized spacial score (nSPS) is 20.7. The fourth-order valence-corrected chi connectivity index (χ4v) is 5.20. The predicted octanol–water partition coefficient (Wildman–Crippen LogP) is 3.09. The summed E-state index contributed by atoms with van der Waals surface area (Å²) in [7, 11) is 3.87. The number of piperidine rings is 1. The van der Waals surface area contributed by atoms with Crippen LogP contribution in [0.25, 0.3) is 9.53 Å². The minimum atomic E-state index is -0.451. The lowest BCUT2D eigenvalue weighted by Gasteiger charge is -2.34. The van der Waals surface area contributed by atoms with Crippen LogP contribution in [0.4, 0.5) is 5.13 Å². The van der Waals surface area contributed by atoms with Crippen molar-refractivity contribution in [3.63, 3.8) is 0 Å². The number of amides is 1. The number of nitrogens with zero attached hydrogens (tertiary/aromatic N) is 3. The van der Waals surface area contributed by atoms with E-state index in [1.807, 2.05) is 23.9 Å². The Bertz CT molecular complexity index is 742. The standard InChI is InChI=1S/C17H23N3O3S2/c1-10-5-11(2)8-20(7-10)14(21)9-23-16(22)13-6-12-15(24-13)18-17(25-12)19(3)4/h6,10-11H,5,7-9H2,1-4H3. The van der Waals surface area contributed by atoms with Crippen LogP contribution in [0, 0.1) is 11.8 Å². The number of likely N-dealkylation sites (tertiary alicyclic amines) is 1. The van der Waals surface area contributed by atoms with Crippen LogP contribution in [0.1, 0.15) is 29.9 Å². The van der Waals surface area contributed by atoms with E-state index in [1.54, 1.807) is 6.07 Å². The lowest BCUT2D eigenvalue weighted by atomic mass is 9.92. The summed E-state index contributed by atoms with van der Waals surface area (Å²) in [6.07, 6.45) is 1.14. The van der Waals surface area contributed by atoms with Gasteiger partial charge in [0.25, 0.3) is 5.91 Å². The average molecular weight is 382 g/mol. The van der Waals surface area contributed by atoms with Gasteiger partial charge in [-0.3, -0.25) is 4.79 Å². The van der Waals surface area contributed by atoms with Gasteiger partial charge in [-0.05, 0) is 24.3 Å². The number of carbonyl (C=O) groups is 2. The van der Waals surface area contributed by atoms with Crippen LogP contribution < -0.4 is 4.90 Å². The van der Waals surface area contributed by atoms with Crippen molar-refractivity contribution < 1.29 is 14.3 Å². The van der Waals surface area contributed by atoms with Crippen LogP contribution in [0.2, 0.25) is 0 Å². The molecule has 8 heteroatoms. The third-order valence-electron chi connectivity index (χ3n) is 4.21. The Hall–Kier alpha value is -1.67. The Morgan fingerprint density at radius 2 is 1.96 bits per heavy atom. The van der Waals surface area contributed by atoms with Crippen molar-refractivity contribution in [1.82, 2.24) is 9.88 Å². The van der Waals surface area contributed by atoms with Crippen molar-refractivity contribution in [2.45, 2.75) is 20.3 Å². The minimum Gasteiger partial charge on any atom is -0.451 e. The molecule has 0 radical (unpaired) electrons. The molecule has 0 aliphatic carbocycles. The predicted molar refractivity (Wildman–Crippen MR) is 102 cm³/mol. The lowest BCUT2D eigenvalue weighted by molar-refractivity contribution is -0.137. The molecule has 0 N–H and O–H groups in total. The van der Waals surface area contributed by atoms with Crippen molar-refractivity contribution in [2.24, 2.45) is 11.8 Å². The first-order valence-electron chi connectivity index (χ1n) is 8.36. The monoisotopic (exact) mass is 381 g/mol. The summed E-state index contributed by atoms with van der Waals surface area (Å²) in [5, 5.41) is 0.907. The summed E-state index contributed by atoms with van der Waals surface area (Å²) in [4.78, 5) is 34.1. The molecule has 1 fully saturated rings. The van der Waals surface area contributed by atoms with Gasteiger partial charge in [0, 0.05) is 27.2 Å². The van der Waals surface area contributed by atoms with Gasteiger partial charge in [0.2, 0.25) is 0 Å². The number of thiazole rings is 1. The van der Waals surface area contributed by atoms with Crippen LogP contribution in [-0.4, -0.2) is 55.6 Å². The number of ether oxygens (including phenoxy) is 1. The number of hydrogen-bond acceptors (Lipinski definition) is 7. The van der Waals surface area contributed by atoms with E-state index in [0.29, 0.717) is 16.7 Å². The number of rotatable bonds is 4. The number of esters is 1. The molecule has 136 valence electrons. The SMILES string of the molecule is CC1CC(C)CN(C(=O)COC(=O)c2cc3sc(N(C)C)nc3s2)C1. The number of hydrogen-bond donors (Lipinski definition) is 0. The molecule has 25 heavy (non-hydrogen) atoms. The van der Waals surface area contributed by atoms with Crippen LogP contribution in [0.3, 0.4) is 0 Å². The Morgan fingerprint density at radius 3 is 2.56 bits per heavy atom. The summed E-state index contributed by atoms with van der Waals surface area (Å²) in [5.41, 5.74) is 0. The molecule has 0 bridgehead atoms. The smallest absolute Gasteiger partial charge is 0.348 e. The highest BCUT2D eigenvalue weighted by atomic mass is 32.1. The maximum atomic E-state index is 12.3. The largest absolute Gasteiger partial charge is 0.451 e. The molecule has 2 atom stereocenters. The Morgan fingerprint density at radius 1 is 1.28 bits per heavy atom. The molecule has 1 amide bonds. The quantitative estimate of drug-likeness (QED) is 0.762. The second kappa shape index (κ2) is 7.29. The highest BCUT2D eigenvalue weighted by Crippen LogP contribution is 2.34. The van der Waals surface area contributed by atoms with Crippen molar-refractivity contribution in [3.05, 3.63) is 10.9 Å². The van der Waals surface area contributed by atoms with E-state index in [1.165, 1.54) is 22.7 Å². The van der Waals surface area contributed by atoms with Gasteiger partial charge in [0.05, 0.1) is 4.70 Å². The van der Waals surface area contributed by atoms with E-state index in [4.69, 9.17) is 4.74 Å². The minimum absolute atomic E-state index is 0.113. The topological polar surface area (TPSA) is 62.7 Å². The zero-order chi connectivity index (χ0) is 18.1. The zero-order valence-electron chi connectivity index (χ0n) is 14.9. The Balaban J connectivity index is 1.58. The second-order valence-corrected chi connectivity index (χ2v) is 9.03. The Labute approximate surface area is 155 Å². The summed E-state index contributed by atoms with van der Waals surface area (Å²) < 4.78 is 6.20. The van der Waals surface area contributed by atoms with Crippen LogP contribution in [0.15, 0.2) is 6.07 Å². The zero-order valence-corrected chi connectivity index (χ0v) is 16.6. The van der Waals surface area contributed by atoms with Gasteiger partial charge < -0.3 is 14.5 Å². The maximum Gasteiger partial charge on any atom is 0.348 e. The molecule has 2 unspecified atom stereocenters. The van der Waals surface area contributed by atoms with E-state index < -0.39 is 5.97 Å². The molecule has 0 saturated carbocycles. The first kappa shape index (κ1) is 18.1. The third kappa shape index (κ3) is 4.12. The van der Waals surface area contributed by atoms with Crippen LogP contribution in [0.5, 0.6) is 0 Å². The van der Waals surface area contributed by atoms with Crippen molar-refractivity contribution in [3.8, 4) is 0 Å². The molecule has 1 aliphatic heterocycles. The highest BCUT2D eigenvalue weighted by molar-refractivity contribution is 7.29. The number of anilines is 1. The Kier molecular flexibility index (Phi) is 5.29. The molecule has 0 aromatic carbocycles. The summed E-state index contributed by atoms with van der Waals surface area (Å²) in [5.74, 6) is 0.417. The molecule has 6 nitrogen and oxygen atoms in total. The van der Waals surface area contributed by atoms with E-state index >= 15 is 0 Å². The van der Waals surface area contributed by atoms with Gasteiger partial charge in [-0.1, -0.05) is 25.2 Å². The number of carbonyl (C=O) groups excluding carboxylic acids is 2. The van der Waals surface area contributed by atoms with Crippen molar-refractivity contribution >= 4 is 49.2 Å². The molecule has 1 aliphatic rings. The van der Waals surface area contributed by atoms with Gasteiger partial charge in [-0.2, -0.15) is 0 Å². The highest BCUT2D eigenvalue weighted by Gasteiger charge is 2.26. The molecule has 3 rings (SSSR count). The van der Waals surface area contributed by atoms with E-state index in [-0.39, 0.29) is 12.5 Å². The fourth-order valence-electron chi connectivity index (χ4n) is 3.17. The lowest BCUT2D eigenvalue weighted by Crippen LogP contribution is -2.44. The fraction of sp³-hybridized carbons (Fsp3) is 0.588. The molecule has 2 aromatic heterocycles. The molecule has 2 aromatic rings. The molecule has 0 spiro atoms. The van der Waals surface area contributed by atoms with Gasteiger partial charge in [-0.25, -0.2) is 9.78 Å². The van der Waals surface area contributed by atoms with Crippen LogP contribution in [-0.2, 0) is 9.53 Å². The molecule has 3 heterocycles. The van der Waals surface area contributed by atoms with E-state index in [9.17, 15) is 9.59 Å². The average Bonchev–Trinajstić information content (AvgIpc) is 3.10. The van der Waals surface area contributed by atoms with Gasteiger partial charge in [-0.15, -0.1) is 11.3 Å². The third-order valence-corrected chi connectivity index (χ3v) is 6.52. The maximum absolute atomic E-state index is 12.3. The molecule has 1 saturated heterocycles. The number of fused-ring (bicyclic) bond motifs is 1. The van der Waals surface area contributed by atoms with Gasteiger partial charge in [0.1, 0.15) is 9.71 Å². The summed E-state index contributed by atoms with van der Waals surface area (Å²) >= 11 is 2.84. The van der Waals surface area contributed by atoms with Gasteiger partial charge >= 0.3 is 5.97 Å². The van der Waals surface area contributed by atoms with Gasteiger partial charge in [0.15, 0.2) is 11.7 Å². The summed E-state index contributed by atoms with van der Waals surface area (Å²) in [6, 6.07) is 1.79.